The minimum atomic E-state index is -0.0411. The van der Waals surface area contributed by atoms with Crippen LogP contribution in [0.3, 0.4) is 0 Å². The maximum Gasteiger partial charge on any atom is 0.252 e. The van der Waals surface area contributed by atoms with Gasteiger partial charge in [-0.2, -0.15) is 0 Å². The van der Waals surface area contributed by atoms with Crippen LogP contribution < -0.4 is 31.1 Å². The van der Waals surface area contributed by atoms with Crippen molar-refractivity contribution in [1.29, 1.82) is 0 Å². The normalized spacial score (nSPS) is 28.6. The zero-order chi connectivity index (χ0) is 37.0. The monoisotopic (exact) mass is 707 g/mol. The molecule has 2 fully saturated rings. The Kier molecular flexibility index (Phi) is 6.50. The van der Waals surface area contributed by atoms with Crippen LogP contribution in [0.4, 0.5) is 39.8 Å². The molecule has 0 bridgehead atoms. The largest absolute Gasteiger partial charge is 0.335 e. The van der Waals surface area contributed by atoms with Crippen LogP contribution in [0.5, 0.6) is 0 Å². The Labute approximate surface area is 323 Å². The van der Waals surface area contributed by atoms with Crippen LogP contribution >= 0.6 is 0 Å². The summed E-state index contributed by atoms with van der Waals surface area (Å²) in [7, 11) is 0. The van der Waals surface area contributed by atoms with E-state index in [0.29, 0.717) is 0 Å². The molecule has 2 aliphatic carbocycles. The lowest BCUT2D eigenvalue weighted by molar-refractivity contribution is 0.194. The lowest BCUT2D eigenvalue weighted by Crippen LogP contribution is -2.64. The molecule has 5 aromatic carbocycles. The minimum Gasteiger partial charge on any atom is -0.335 e. The molecular weight excluding hydrogens is 653 g/mol. The average molecular weight is 708 g/mol. The molecule has 5 aromatic rings. The zero-order valence-corrected chi connectivity index (χ0v) is 33.4. The quantitative estimate of drug-likeness (QED) is 0.166. The summed E-state index contributed by atoms with van der Waals surface area (Å²) in [5.74, 6) is 0. The third kappa shape index (κ3) is 3.86. The second kappa shape index (κ2) is 10.7. The lowest BCUT2D eigenvalue weighted by atomic mass is 9.33. The van der Waals surface area contributed by atoms with Crippen LogP contribution in [0.15, 0.2) is 103 Å². The predicted molar refractivity (Wildman–Crippen MR) is 230 cm³/mol. The summed E-state index contributed by atoms with van der Waals surface area (Å²) in [5, 5.41) is 0. The highest BCUT2D eigenvalue weighted by atomic mass is 15.3. The van der Waals surface area contributed by atoms with Gasteiger partial charge < -0.3 is 14.7 Å². The van der Waals surface area contributed by atoms with Gasteiger partial charge in [-0.3, -0.25) is 0 Å². The third-order valence-corrected chi connectivity index (χ3v) is 16.1. The molecule has 11 rings (SSSR count). The van der Waals surface area contributed by atoms with Gasteiger partial charge in [-0.25, -0.2) is 0 Å². The van der Waals surface area contributed by atoms with E-state index in [1.54, 1.807) is 11.1 Å². The Balaban J connectivity index is 1.25. The molecule has 0 saturated heterocycles. The van der Waals surface area contributed by atoms with Crippen LogP contribution in [0.25, 0.3) is 0 Å². The molecule has 4 unspecified atom stereocenters. The fraction of sp³-hybridized carbons (Fsp3) is 0.400. The summed E-state index contributed by atoms with van der Waals surface area (Å²) in [6.45, 7) is 17.7. The van der Waals surface area contributed by atoms with E-state index in [0.717, 1.165) is 0 Å². The summed E-state index contributed by atoms with van der Waals surface area (Å²) in [6, 6.07) is 40.6. The fourth-order valence-electron chi connectivity index (χ4n) is 12.8. The SMILES string of the molecule is CC(C)(C)c1ccc2c(c1)C1(C)CCCCC1(C)N2c1cc2c3c(c1)N1c4c(cccc4C4(C)CCCCC14C)B3c1ccccc1N2c1ccccc1. The first-order valence-corrected chi connectivity index (χ1v) is 20.9. The number of hydrogen-bond donors (Lipinski definition) is 0. The van der Waals surface area contributed by atoms with Crippen LogP contribution in [-0.2, 0) is 16.2 Å². The van der Waals surface area contributed by atoms with Gasteiger partial charge in [0.2, 0.25) is 0 Å². The van der Waals surface area contributed by atoms with Crippen molar-refractivity contribution in [2.45, 2.75) is 127 Å². The van der Waals surface area contributed by atoms with Crippen molar-refractivity contribution in [1.82, 2.24) is 0 Å². The summed E-state index contributed by atoms with van der Waals surface area (Å²) in [6.07, 6.45) is 10.00. The van der Waals surface area contributed by atoms with E-state index in [4.69, 9.17) is 0 Å². The van der Waals surface area contributed by atoms with Crippen molar-refractivity contribution < 1.29 is 0 Å². The van der Waals surface area contributed by atoms with Crippen molar-refractivity contribution in [2.75, 3.05) is 14.7 Å². The number of para-hydroxylation sites is 3. The smallest absolute Gasteiger partial charge is 0.252 e. The average Bonchev–Trinajstić information content (AvgIpc) is 3.51. The molecule has 6 aliphatic rings. The molecule has 3 nitrogen and oxygen atoms in total. The number of rotatable bonds is 2. The van der Waals surface area contributed by atoms with Crippen LogP contribution in [0, 0.1) is 0 Å². The molecule has 0 spiro atoms. The first kappa shape index (κ1) is 32.9. The molecule has 54 heavy (non-hydrogen) atoms. The maximum absolute atomic E-state index is 2.90. The van der Waals surface area contributed by atoms with E-state index in [-0.39, 0.29) is 34.0 Å². The van der Waals surface area contributed by atoms with Crippen LogP contribution in [0.1, 0.15) is 117 Å². The van der Waals surface area contributed by atoms with E-state index < -0.39 is 0 Å². The van der Waals surface area contributed by atoms with Gasteiger partial charge in [-0.05, 0) is 114 Å². The Morgan fingerprint density at radius 2 is 1.15 bits per heavy atom. The van der Waals surface area contributed by atoms with Gasteiger partial charge in [0.05, 0.1) is 11.1 Å². The second-order valence-corrected chi connectivity index (χ2v) is 19.6. The molecule has 0 aromatic heterocycles. The van der Waals surface area contributed by atoms with Gasteiger partial charge in [-0.15, -0.1) is 0 Å². The first-order chi connectivity index (χ1) is 25.9. The second-order valence-electron chi connectivity index (χ2n) is 19.6. The Bertz CT molecular complexity index is 2390. The topological polar surface area (TPSA) is 9.72 Å². The standard InChI is InChI=1S/C50H54BN3/c1-46(2,3)33-24-25-40-37(30-33)48(5)27-14-15-28-49(48,6)53(40)35-31-42-44-43(32-35)54-45-36(47(4)26-13-16-29-50(47,54)7)20-17-22-39(45)51(44)38-21-11-12-23-41(38)52(42)34-18-9-8-10-19-34/h8-12,17-25,30-32H,13-16,26-29H2,1-7H3. The molecular formula is C50H54BN3. The number of hydrogen-bond acceptors (Lipinski definition) is 3. The molecule has 272 valence electrons. The van der Waals surface area contributed by atoms with E-state index >= 15 is 0 Å². The molecule has 4 aliphatic heterocycles. The molecule has 4 heterocycles. The van der Waals surface area contributed by atoms with Crippen molar-refractivity contribution in [3.63, 3.8) is 0 Å². The Morgan fingerprint density at radius 3 is 1.89 bits per heavy atom. The van der Waals surface area contributed by atoms with Gasteiger partial charge in [0.25, 0.3) is 6.71 Å². The highest BCUT2D eigenvalue weighted by Crippen LogP contribution is 2.64. The number of fused-ring (bicyclic) bond motifs is 10. The lowest BCUT2D eigenvalue weighted by Gasteiger charge is -2.53. The van der Waals surface area contributed by atoms with E-state index in [2.05, 4.69) is 166 Å². The minimum absolute atomic E-state index is 0.0105. The van der Waals surface area contributed by atoms with Gasteiger partial charge in [0.1, 0.15) is 0 Å². The number of anilines is 7. The first-order valence-electron chi connectivity index (χ1n) is 20.9. The third-order valence-electron chi connectivity index (χ3n) is 16.1. The van der Waals surface area contributed by atoms with E-state index in [1.807, 2.05) is 0 Å². The fourth-order valence-corrected chi connectivity index (χ4v) is 12.8. The van der Waals surface area contributed by atoms with Crippen molar-refractivity contribution in [3.05, 3.63) is 120 Å². The number of benzene rings is 5. The van der Waals surface area contributed by atoms with Crippen molar-refractivity contribution >= 4 is 62.9 Å². The van der Waals surface area contributed by atoms with Gasteiger partial charge in [0.15, 0.2) is 0 Å². The van der Waals surface area contributed by atoms with Crippen molar-refractivity contribution in [3.8, 4) is 0 Å². The maximum atomic E-state index is 2.90. The van der Waals surface area contributed by atoms with Gasteiger partial charge in [-0.1, -0.05) is 127 Å². The summed E-state index contributed by atoms with van der Waals surface area (Å²) >= 11 is 0. The molecule has 0 N–H and O–H groups in total. The predicted octanol–water partition coefficient (Wildman–Crippen LogP) is 11.1. The van der Waals surface area contributed by atoms with Crippen LogP contribution in [-0.4, -0.2) is 17.8 Å². The Hall–Kier alpha value is -4.44. The van der Waals surface area contributed by atoms with Crippen LogP contribution in [0.2, 0.25) is 0 Å². The Morgan fingerprint density at radius 1 is 0.519 bits per heavy atom. The molecule has 0 radical (unpaired) electrons. The molecule has 4 atom stereocenters. The summed E-state index contributed by atoms with van der Waals surface area (Å²) in [5.41, 5.74) is 18.7. The summed E-state index contributed by atoms with van der Waals surface area (Å²) < 4.78 is 0. The molecule has 0 amide bonds. The number of nitrogens with zero attached hydrogens (tertiary/aromatic N) is 3. The highest BCUT2D eigenvalue weighted by Gasteiger charge is 2.62. The van der Waals surface area contributed by atoms with E-state index in [9.17, 15) is 0 Å². The van der Waals surface area contributed by atoms with Gasteiger partial charge >= 0.3 is 0 Å². The highest BCUT2D eigenvalue weighted by molar-refractivity contribution is 7.00. The summed E-state index contributed by atoms with van der Waals surface area (Å²) in [4.78, 5) is 8.34. The van der Waals surface area contributed by atoms with Crippen molar-refractivity contribution in [2.24, 2.45) is 0 Å². The molecule has 2 saturated carbocycles. The zero-order valence-electron chi connectivity index (χ0n) is 33.4. The van der Waals surface area contributed by atoms with Gasteiger partial charge in [0, 0.05) is 50.6 Å². The molecule has 4 heteroatoms. The van der Waals surface area contributed by atoms with E-state index in [1.165, 1.54) is 113 Å².